The van der Waals surface area contributed by atoms with E-state index in [-0.39, 0.29) is 16.7 Å². The third-order valence-electron chi connectivity index (χ3n) is 6.05. The molecule has 0 radical (unpaired) electrons. The van der Waals surface area contributed by atoms with Crippen molar-refractivity contribution < 1.29 is 9.90 Å². The SMILES string of the molecule is CC(C)(C)c1cc(C=C2Sc3ccccc3N(CCCc3nn[nH]n3)C2=O)cc(C(C)(C)C)c1O. The Bertz CT molecular complexity index is 1220. The number of phenolic OH excluding ortho intramolecular Hbond substituents is 1. The van der Waals surface area contributed by atoms with E-state index in [4.69, 9.17) is 0 Å². The van der Waals surface area contributed by atoms with Crippen molar-refractivity contribution in [1.82, 2.24) is 20.6 Å². The Morgan fingerprint density at radius 3 is 2.31 bits per heavy atom. The number of fused-ring (bicyclic) bond motifs is 1. The van der Waals surface area contributed by atoms with Gasteiger partial charge >= 0.3 is 0 Å². The van der Waals surface area contributed by atoms with Gasteiger partial charge in [-0.3, -0.25) is 4.79 Å². The Balaban J connectivity index is 1.72. The maximum Gasteiger partial charge on any atom is 0.265 e. The van der Waals surface area contributed by atoms with Crippen LogP contribution < -0.4 is 4.90 Å². The van der Waals surface area contributed by atoms with E-state index in [0.29, 0.717) is 29.4 Å². The lowest BCUT2D eigenvalue weighted by Crippen LogP contribution is -2.35. The first kappa shape index (κ1) is 25.0. The van der Waals surface area contributed by atoms with Gasteiger partial charge in [-0.25, -0.2) is 0 Å². The first-order chi connectivity index (χ1) is 16.4. The lowest BCUT2D eigenvalue weighted by Gasteiger charge is -2.31. The molecule has 2 N–H and O–H groups in total. The number of anilines is 1. The van der Waals surface area contributed by atoms with Gasteiger partial charge in [-0.1, -0.05) is 70.7 Å². The molecule has 2 aromatic carbocycles. The molecular weight excluding hydrogens is 458 g/mol. The number of thioether (sulfide) groups is 1. The molecule has 35 heavy (non-hydrogen) atoms. The summed E-state index contributed by atoms with van der Waals surface area (Å²) < 4.78 is 0. The van der Waals surface area contributed by atoms with Crippen molar-refractivity contribution in [1.29, 1.82) is 0 Å². The Morgan fingerprint density at radius 2 is 1.71 bits per heavy atom. The van der Waals surface area contributed by atoms with Gasteiger partial charge in [0.25, 0.3) is 5.91 Å². The maximum absolute atomic E-state index is 13.7. The van der Waals surface area contributed by atoms with Crippen LogP contribution in [0.15, 0.2) is 46.2 Å². The molecule has 0 aliphatic carbocycles. The van der Waals surface area contributed by atoms with E-state index in [1.165, 1.54) is 11.8 Å². The van der Waals surface area contributed by atoms with E-state index in [1.807, 2.05) is 47.4 Å². The van der Waals surface area contributed by atoms with Crippen molar-refractivity contribution in [3.8, 4) is 5.75 Å². The van der Waals surface area contributed by atoms with Gasteiger partial charge in [0, 0.05) is 29.0 Å². The van der Waals surface area contributed by atoms with Crippen molar-refractivity contribution in [3.05, 3.63) is 63.8 Å². The van der Waals surface area contributed by atoms with Gasteiger partial charge in [0.1, 0.15) is 5.75 Å². The highest BCUT2D eigenvalue weighted by molar-refractivity contribution is 8.04. The van der Waals surface area contributed by atoms with E-state index in [1.54, 1.807) is 0 Å². The number of hydrogen-bond acceptors (Lipinski definition) is 6. The molecule has 1 aromatic heterocycles. The Hall–Kier alpha value is -3.13. The van der Waals surface area contributed by atoms with Crippen LogP contribution in [0, 0.1) is 0 Å². The van der Waals surface area contributed by atoms with Crippen molar-refractivity contribution >= 4 is 29.4 Å². The largest absolute Gasteiger partial charge is 0.507 e. The number of nitrogens with zero attached hydrogens (tertiary/aromatic N) is 4. The molecule has 1 aliphatic rings. The third-order valence-corrected chi connectivity index (χ3v) is 7.13. The van der Waals surface area contributed by atoms with Gasteiger partial charge in [-0.2, -0.15) is 5.21 Å². The quantitative estimate of drug-likeness (QED) is 0.450. The number of H-pyrrole nitrogens is 1. The number of aromatic nitrogens is 4. The van der Waals surface area contributed by atoms with Crippen molar-refractivity contribution in [2.45, 2.75) is 70.1 Å². The van der Waals surface area contributed by atoms with Crippen LogP contribution in [0.1, 0.15) is 70.5 Å². The fraction of sp³-hybridized carbons (Fsp3) is 0.407. The second-order valence-corrected chi connectivity index (χ2v) is 12.0. The summed E-state index contributed by atoms with van der Waals surface area (Å²) in [5, 5.41) is 25.2. The summed E-state index contributed by atoms with van der Waals surface area (Å²) in [6, 6.07) is 12.0. The second kappa shape index (κ2) is 9.49. The summed E-state index contributed by atoms with van der Waals surface area (Å²) in [6.07, 6.45) is 3.31. The number of aromatic hydroxyl groups is 1. The lowest BCUT2D eigenvalue weighted by molar-refractivity contribution is -0.114. The summed E-state index contributed by atoms with van der Waals surface area (Å²) in [4.78, 5) is 17.2. The minimum absolute atomic E-state index is 0.0236. The van der Waals surface area contributed by atoms with Gasteiger partial charge in [0.05, 0.1) is 10.6 Å². The number of phenols is 1. The number of aryl methyl sites for hydroxylation is 1. The number of tetrazole rings is 1. The first-order valence-electron chi connectivity index (χ1n) is 11.9. The van der Waals surface area contributed by atoms with E-state index in [0.717, 1.165) is 33.7 Å². The second-order valence-electron chi connectivity index (χ2n) is 10.9. The van der Waals surface area contributed by atoms with Crippen molar-refractivity contribution in [2.75, 3.05) is 11.4 Å². The van der Waals surface area contributed by atoms with Crippen molar-refractivity contribution in [2.24, 2.45) is 0 Å². The first-order valence-corrected chi connectivity index (χ1v) is 12.7. The van der Waals surface area contributed by atoms with Crippen LogP contribution in [0.5, 0.6) is 5.75 Å². The minimum Gasteiger partial charge on any atom is -0.507 e. The summed E-state index contributed by atoms with van der Waals surface area (Å²) in [6.45, 7) is 13.1. The summed E-state index contributed by atoms with van der Waals surface area (Å²) in [5.74, 6) is 0.953. The van der Waals surface area contributed by atoms with Crippen LogP contribution in [0.3, 0.4) is 0 Å². The zero-order valence-corrected chi connectivity index (χ0v) is 22.0. The predicted molar refractivity (Wildman–Crippen MR) is 141 cm³/mol. The Morgan fingerprint density at radius 1 is 1.06 bits per heavy atom. The highest BCUT2D eigenvalue weighted by Crippen LogP contribution is 2.44. The number of para-hydroxylation sites is 1. The highest BCUT2D eigenvalue weighted by Gasteiger charge is 2.30. The highest BCUT2D eigenvalue weighted by atomic mass is 32.2. The minimum atomic E-state index is -0.240. The molecule has 0 saturated heterocycles. The number of carbonyl (C=O) groups is 1. The van der Waals surface area contributed by atoms with Crippen LogP contribution >= 0.6 is 11.8 Å². The predicted octanol–water partition coefficient (Wildman–Crippen LogP) is 5.61. The van der Waals surface area contributed by atoms with Gasteiger partial charge in [-0.05, 0) is 53.2 Å². The zero-order chi connectivity index (χ0) is 25.4. The van der Waals surface area contributed by atoms with Gasteiger partial charge in [0.15, 0.2) is 5.82 Å². The van der Waals surface area contributed by atoms with Gasteiger partial charge in [0.2, 0.25) is 0 Å². The van der Waals surface area contributed by atoms with Gasteiger partial charge in [-0.15, -0.1) is 10.2 Å². The molecule has 0 unspecified atom stereocenters. The maximum atomic E-state index is 13.7. The topological polar surface area (TPSA) is 95.0 Å². The number of benzene rings is 2. The molecule has 1 amide bonds. The standard InChI is InChI=1S/C27H33N5O2S/c1-26(2,3)18-14-17(15-19(24(18)33)27(4,5)6)16-22-25(34)32(13-9-12-23-28-30-31-29-23)20-10-7-8-11-21(20)35-22/h7-8,10-11,14-16,33H,9,12-13H2,1-6H3,(H,28,29,30,31). The molecule has 184 valence electrons. The van der Waals surface area contributed by atoms with Crippen LogP contribution in [0.25, 0.3) is 6.08 Å². The van der Waals surface area contributed by atoms with Crippen molar-refractivity contribution in [3.63, 3.8) is 0 Å². The molecule has 0 fully saturated rings. The average molecular weight is 492 g/mol. The van der Waals surface area contributed by atoms with E-state index in [2.05, 4.69) is 62.2 Å². The molecule has 0 saturated carbocycles. The fourth-order valence-corrected chi connectivity index (χ4v) is 5.26. The lowest BCUT2D eigenvalue weighted by atomic mass is 9.78. The molecule has 3 aromatic rings. The van der Waals surface area contributed by atoms with E-state index in [9.17, 15) is 9.90 Å². The monoisotopic (exact) mass is 491 g/mol. The van der Waals surface area contributed by atoms with Crippen LogP contribution in [0.2, 0.25) is 0 Å². The molecule has 0 bridgehead atoms. The smallest absolute Gasteiger partial charge is 0.265 e. The molecule has 7 nitrogen and oxygen atoms in total. The van der Waals surface area contributed by atoms with Crippen LogP contribution in [-0.2, 0) is 22.0 Å². The number of amides is 1. The molecule has 2 heterocycles. The van der Waals surface area contributed by atoms with E-state index < -0.39 is 0 Å². The van der Waals surface area contributed by atoms with Crippen LogP contribution in [0.4, 0.5) is 5.69 Å². The average Bonchev–Trinajstić information content (AvgIpc) is 3.29. The number of rotatable bonds is 5. The Kier molecular flexibility index (Phi) is 6.77. The van der Waals surface area contributed by atoms with Gasteiger partial charge < -0.3 is 10.0 Å². The Labute approximate surface area is 211 Å². The molecule has 8 heteroatoms. The number of carbonyl (C=O) groups excluding carboxylic acids is 1. The third kappa shape index (κ3) is 5.42. The number of nitrogens with one attached hydrogen (secondary N) is 1. The zero-order valence-electron chi connectivity index (χ0n) is 21.2. The molecular formula is C27H33N5O2S. The number of aromatic amines is 1. The molecule has 0 atom stereocenters. The fourth-order valence-electron chi connectivity index (χ4n) is 4.20. The summed E-state index contributed by atoms with van der Waals surface area (Å²) >= 11 is 1.49. The van der Waals surface area contributed by atoms with Crippen LogP contribution in [-0.4, -0.2) is 38.2 Å². The van der Waals surface area contributed by atoms with E-state index >= 15 is 0 Å². The summed E-state index contributed by atoms with van der Waals surface area (Å²) in [5.41, 5.74) is 3.11. The summed E-state index contributed by atoms with van der Waals surface area (Å²) in [7, 11) is 0. The number of hydrogen-bond donors (Lipinski definition) is 2. The molecule has 0 spiro atoms. The molecule has 4 rings (SSSR count). The molecule has 1 aliphatic heterocycles. The normalized spacial score (nSPS) is 15.5.